The Morgan fingerprint density at radius 2 is 1.03 bits per heavy atom. The minimum atomic E-state index is -6.36. The maximum atomic E-state index is 13.3. The average Bonchev–Trinajstić information content (AvgIpc) is 2.74. The van der Waals surface area contributed by atoms with Crippen LogP contribution in [0.15, 0.2) is 0 Å². The smallest absolute Gasteiger partial charge is 0.381 e. The number of carbonyl (C=O) groups excluding carboxylic acids is 1. The van der Waals surface area contributed by atoms with Crippen molar-refractivity contribution in [2.75, 3.05) is 6.61 Å². The number of hydrogen-bond acceptors (Lipinski definition) is 2. The van der Waals surface area contributed by atoms with Crippen LogP contribution in [-0.4, -0.2) is 36.8 Å². The molecule has 0 aromatic carbocycles. The summed E-state index contributed by atoms with van der Waals surface area (Å²) in [7, 11) is 0. The van der Waals surface area contributed by atoms with E-state index in [1.54, 1.807) is 0 Å². The van der Waals surface area contributed by atoms with Crippen LogP contribution in [0.2, 0.25) is 0 Å². The fourth-order valence-electron chi connectivity index (χ4n) is 3.36. The van der Waals surface area contributed by atoms with Gasteiger partial charge in [0.2, 0.25) is 0 Å². The maximum Gasteiger partial charge on any atom is 0.381 e. The highest BCUT2D eigenvalue weighted by molar-refractivity contribution is 5.69. The van der Waals surface area contributed by atoms with Crippen LogP contribution in [0, 0.1) is 0 Å². The van der Waals surface area contributed by atoms with Crippen molar-refractivity contribution >= 4 is 5.97 Å². The van der Waals surface area contributed by atoms with Gasteiger partial charge in [-0.1, -0.05) is 96.8 Å². The second kappa shape index (κ2) is 16.5. The van der Waals surface area contributed by atoms with Crippen molar-refractivity contribution in [2.45, 2.75) is 134 Å². The zero-order valence-electron chi connectivity index (χ0n) is 19.4. The molecule has 0 rings (SSSR count). The van der Waals surface area contributed by atoms with Gasteiger partial charge in [0.25, 0.3) is 0 Å². The van der Waals surface area contributed by atoms with Crippen LogP contribution in [0.5, 0.6) is 0 Å². The molecule has 0 unspecified atom stereocenters. The fraction of sp³-hybridized carbons (Fsp3) is 0.957. The van der Waals surface area contributed by atoms with Gasteiger partial charge in [0.15, 0.2) is 6.61 Å². The summed E-state index contributed by atoms with van der Waals surface area (Å²) in [5.41, 5.74) is 0. The lowest BCUT2D eigenvalue weighted by Gasteiger charge is -2.31. The van der Waals surface area contributed by atoms with E-state index < -0.39 is 36.8 Å². The van der Waals surface area contributed by atoms with E-state index in [0.29, 0.717) is 6.42 Å². The fourth-order valence-corrected chi connectivity index (χ4v) is 3.36. The summed E-state index contributed by atoms with van der Waals surface area (Å²) in [6.45, 7) is -0.193. The molecule has 0 fully saturated rings. The third-order valence-electron chi connectivity index (χ3n) is 5.55. The Labute approximate surface area is 191 Å². The van der Waals surface area contributed by atoms with E-state index in [4.69, 9.17) is 0 Å². The third kappa shape index (κ3) is 12.3. The average molecular weight is 499 g/mol. The number of alkyl halides is 8. The van der Waals surface area contributed by atoms with Gasteiger partial charge in [-0.05, 0) is 6.42 Å². The van der Waals surface area contributed by atoms with Crippen LogP contribution < -0.4 is 0 Å². The second-order valence-electron chi connectivity index (χ2n) is 8.56. The highest BCUT2D eigenvalue weighted by atomic mass is 19.4. The van der Waals surface area contributed by atoms with Crippen molar-refractivity contribution in [2.24, 2.45) is 0 Å². The third-order valence-corrected chi connectivity index (χ3v) is 5.55. The highest BCUT2D eigenvalue weighted by Gasteiger charge is 2.75. The predicted molar refractivity (Wildman–Crippen MR) is 111 cm³/mol. The van der Waals surface area contributed by atoms with Crippen molar-refractivity contribution in [3.05, 3.63) is 0 Å². The number of unbranched alkanes of at least 4 members (excludes halogenated alkanes) is 14. The van der Waals surface area contributed by atoms with Gasteiger partial charge in [-0.2, -0.15) is 26.3 Å². The number of ether oxygens (including phenoxy) is 1. The summed E-state index contributed by atoms with van der Waals surface area (Å²) in [4.78, 5) is 11.4. The summed E-state index contributed by atoms with van der Waals surface area (Å²) in [6, 6.07) is 0. The summed E-state index contributed by atoms with van der Waals surface area (Å²) < 4.78 is 106. The molecule has 0 aliphatic heterocycles. The van der Waals surface area contributed by atoms with Crippen molar-refractivity contribution in [3.8, 4) is 0 Å². The standard InChI is InChI=1S/C23H38F8O2/c1-2-3-4-5-6-7-8-9-10-11-12-13-14-15-16-17-19(32)33-18-21(26,27)23(30,31)22(28,29)20(24)25/h20H,2-18H2,1H3. The molecule has 0 saturated heterocycles. The lowest BCUT2D eigenvalue weighted by molar-refractivity contribution is -0.344. The number of halogens is 8. The molecule has 33 heavy (non-hydrogen) atoms. The quantitative estimate of drug-likeness (QED) is 0.0897. The van der Waals surface area contributed by atoms with Crippen molar-refractivity contribution in [1.29, 1.82) is 0 Å². The SMILES string of the molecule is CCCCCCCCCCCCCCCCCC(=O)OCC(F)(F)C(F)(F)C(F)(F)C(F)F. The van der Waals surface area contributed by atoms with E-state index in [-0.39, 0.29) is 12.8 Å². The summed E-state index contributed by atoms with van der Waals surface area (Å²) in [6.07, 6.45) is 10.8. The van der Waals surface area contributed by atoms with E-state index >= 15 is 0 Å². The van der Waals surface area contributed by atoms with Gasteiger partial charge in [-0.15, -0.1) is 0 Å². The lowest BCUT2D eigenvalue weighted by atomic mass is 10.0. The molecule has 0 saturated carbocycles. The summed E-state index contributed by atoms with van der Waals surface area (Å²) in [5.74, 6) is -19.5. The van der Waals surface area contributed by atoms with Crippen LogP contribution >= 0.6 is 0 Å². The molecule has 0 atom stereocenters. The van der Waals surface area contributed by atoms with Crippen LogP contribution in [0.1, 0.15) is 110 Å². The Hall–Kier alpha value is -1.09. The monoisotopic (exact) mass is 498 g/mol. The van der Waals surface area contributed by atoms with Gasteiger partial charge >= 0.3 is 30.2 Å². The number of hydrogen-bond donors (Lipinski definition) is 0. The van der Waals surface area contributed by atoms with Gasteiger partial charge in [-0.3, -0.25) is 4.79 Å². The van der Waals surface area contributed by atoms with Crippen molar-refractivity contribution < 1.29 is 44.7 Å². The number of carbonyl (C=O) groups is 1. The normalized spacial score (nSPS) is 13.0. The lowest BCUT2D eigenvalue weighted by Crippen LogP contribution is -2.59. The molecule has 0 N–H and O–H groups in total. The minimum Gasteiger partial charge on any atom is -0.459 e. The van der Waals surface area contributed by atoms with E-state index in [9.17, 15) is 39.9 Å². The zero-order chi connectivity index (χ0) is 25.4. The first-order chi connectivity index (χ1) is 15.4. The molecule has 0 aliphatic carbocycles. The number of rotatable bonds is 21. The first kappa shape index (κ1) is 31.9. The van der Waals surface area contributed by atoms with Gasteiger partial charge in [-0.25, -0.2) is 8.78 Å². The molecule has 0 aromatic heterocycles. The minimum absolute atomic E-state index is 0.270. The van der Waals surface area contributed by atoms with Gasteiger partial charge in [0.05, 0.1) is 0 Å². The topological polar surface area (TPSA) is 26.3 Å². The molecule has 0 bridgehead atoms. The number of esters is 1. The Kier molecular flexibility index (Phi) is 16.0. The maximum absolute atomic E-state index is 13.3. The molecule has 198 valence electrons. The largest absolute Gasteiger partial charge is 0.459 e. The molecule has 0 amide bonds. The molecule has 2 nitrogen and oxygen atoms in total. The van der Waals surface area contributed by atoms with Crippen molar-refractivity contribution in [3.63, 3.8) is 0 Å². The Morgan fingerprint density at radius 1 is 0.667 bits per heavy atom. The molecular weight excluding hydrogens is 460 g/mol. The summed E-state index contributed by atoms with van der Waals surface area (Å²) >= 11 is 0. The van der Waals surface area contributed by atoms with Crippen LogP contribution in [0.4, 0.5) is 35.1 Å². The van der Waals surface area contributed by atoms with Crippen LogP contribution in [0.25, 0.3) is 0 Å². The van der Waals surface area contributed by atoms with Crippen LogP contribution in [0.3, 0.4) is 0 Å². The molecule has 0 spiro atoms. The molecule has 10 heteroatoms. The first-order valence-electron chi connectivity index (χ1n) is 12.0. The molecule has 0 heterocycles. The predicted octanol–water partition coefficient (Wildman–Crippen LogP) is 8.96. The molecular formula is C23H38F8O2. The molecule has 0 aromatic rings. The van der Waals surface area contributed by atoms with Gasteiger partial charge < -0.3 is 4.74 Å². The van der Waals surface area contributed by atoms with Gasteiger partial charge in [0, 0.05) is 6.42 Å². The first-order valence-corrected chi connectivity index (χ1v) is 12.0. The van der Waals surface area contributed by atoms with Crippen LogP contribution in [-0.2, 0) is 9.53 Å². The zero-order valence-corrected chi connectivity index (χ0v) is 19.4. The van der Waals surface area contributed by atoms with E-state index in [1.807, 2.05) is 0 Å². The highest BCUT2D eigenvalue weighted by Crippen LogP contribution is 2.48. The van der Waals surface area contributed by atoms with E-state index in [0.717, 1.165) is 25.7 Å². The van der Waals surface area contributed by atoms with E-state index in [2.05, 4.69) is 11.7 Å². The Balaban J connectivity index is 3.77. The molecule has 0 radical (unpaired) electrons. The summed E-state index contributed by atoms with van der Waals surface area (Å²) in [5, 5.41) is 0. The molecule has 0 aliphatic rings. The van der Waals surface area contributed by atoms with E-state index in [1.165, 1.54) is 57.8 Å². The second-order valence-corrected chi connectivity index (χ2v) is 8.56. The Bertz CT molecular complexity index is 513. The van der Waals surface area contributed by atoms with Crippen molar-refractivity contribution in [1.82, 2.24) is 0 Å². The Morgan fingerprint density at radius 3 is 1.39 bits per heavy atom. The van der Waals surface area contributed by atoms with Gasteiger partial charge in [0.1, 0.15) is 0 Å².